The van der Waals surface area contributed by atoms with Gasteiger partial charge >= 0.3 is 0 Å². The van der Waals surface area contributed by atoms with Crippen molar-refractivity contribution in [1.29, 1.82) is 0 Å². The van der Waals surface area contributed by atoms with E-state index in [2.05, 4.69) is 40.8 Å². The van der Waals surface area contributed by atoms with Crippen molar-refractivity contribution >= 4 is 27.8 Å². The summed E-state index contributed by atoms with van der Waals surface area (Å²) < 4.78 is 5.99. The monoisotopic (exact) mass is 361 g/mol. The SMILES string of the molecule is CC[C@H](C)c1ccccc1N=Cc1cc(Br)cc(OC)c1O. The molecule has 22 heavy (non-hydrogen) atoms. The number of hydrogen-bond donors (Lipinski definition) is 1. The molecule has 2 rings (SSSR count). The molecule has 1 atom stereocenters. The lowest BCUT2D eigenvalue weighted by Gasteiger charge is -2.12. The molecule has 116 valence electrons. The van der Waals surface area contributed by atoms with Crippen molar-refractivity contribution < 1.29 is 9.84 Å². The summed E-state index contributed by atoms with van der Waals surface area (Å²) in [5.74, 6) is 0.959. The molecule has 0 spiro atoms. The quantitative estimate of drug-likeness (QED) is 0.721. The Kier molecular flexibility index (Phi) is 5.61. The van der Waals surface area contributed by atoms with Gasteiger partial charge in [0.15, 0.2) is 11.5 Å². The number of benzene rings is 2. The van der Waals surface area contributed by atoms with Gasteiger partial charge < -0.3 is 9.84 Å². The third kappa shape index (κ3) is 3.69. The van der Waals surface area contributed by atoms with Crippen molar-refractivity contribution in [1.82, 2.24) is 0 Å². The standard InChI is InChI=1S/C18H20BrNO2/c1-4-12(2)15-7-5-6-8-16(15)20-11-13-9-14(19)10-17(22-3)18(13)21/h5-12,21H,4H2,1-3H3/t12-/m0/s1. The summed E-state index contributed by atoms with van der Waals surface area (Å²) in [5, 5.41) is 10.2. The molecule has 0 amide bonds. The summed E-state index contributed by atoms with van der Waals surface area (Å²) in [6.07, 6.45) is 2.73. The molecule has 0 aliphatic carbocycles. The van der Waals surface area contributed by atoms with E-state index in [1.54, 1.807) is 12.3 Å². The Hall–Kier alpha value is -1.81. The smallest absolute Gasteiger partial charge is 0.166 e. The number of hydrogen-bond acceptors (Lipinski definition) is 3. The number of nitrogens with zero attached hydrogens (tertiary/aromatic N) is 1. The Labute approximate surface area is 139 Å². The summed E-state index contributed by atoms with van der Waals surface area (Å²) >= 11 is 3.41. The van der Waals surface area contributed by atoms with Gasteiger partial charge in [-0.25, -0.2) is 0 Å². The molecule has 0 fully saturated rings. The number of aromatic hydroxyl groups is 1. The third-order valence-corrected chi connectivity index (χ3v) is 4.17. The van der Waals surface area contributed by atoms with Gasteiger partial charge in [-0.15, -0.1) is 0 Å². The predicted octanol–water partition coefficient (Wildman–Crippen LogP) is 5.43. The maximum Gasteiger partial charge on any atom is 0.166 e. The molecular weight excluding hydrogens is 342 g/mol. The van der Waals surface area contributed by atoms with Gasteiger partial charge in [-0.2, -0.15) is 0 Å². The van der Waals surface area contributed by atoms with E-state index in [0.29, 0.717) is 17.2 Å². The number of phenols is 1. The van der Waals surface area contributed by atoms with Gasteiger partial charge in [-0.05, 0) is 36.1 Å². The fraction of sp³-hybridized carbons (Fsp3) is 0.278. The highest BCUT2D eigenvalue weighted by molar-refractivity contribution is 9.10. The molecule has 0 heterocycles. The van der Waals surface area contributed by atoms with Crippen LogP contribution in [0, 0.1) is 0 Å². The summed E-state index contributed by atoms with van der Waals surface area (Å²) in [4.78, 5) is 4.56. The molecule has 0 unspecified atom stereocenters. The van der Waals surface area contributed by atoms with Crippen molar-refractivity contribution in [3.63, 3.8) is 0 Å². The Bertz CT molecular complexity index is 683. The molecule has 0 bridgehead atoms. The van der Waals surface area contributed by atoms with Crippen molar-refractivity contribution in [3.8, 4) is 11.5 Å². The Morgan fingerprint density at radius 3 is 2.73 bits per heavy atom. The minimum atomic E-state index is 0.0930. The van der Waals surface area contributed by atoms with E-state index < -0.39 is 0 Å². The van der Waals surface area contributed by atoms with Gasteiger partial charge in [0, 0.05) is 16.3 Å². The van der Waals surface area contributed by atoms with Crippen LogP contribution in [0.1, 0.15) is 37.3 Å². The van der Waals surface area contributed by atoms with E-state index in [4.69, 9.17) is 4.74 Å². The second-order valence-corrected chi connectivity index (χ2v) is 6.09. The van der Waals surface area contributed by atoms with Crippen LogP contribution in [0.3, 0.4) is 0 Å². The summed E-state index contributed by atoms with van der Waals surface area (Å²) in [6.45, 7) is 4.35. The molecule has 4 heteroatoms. The number of phenolic OH excluding ortho intramolecular Hbond substituents is 1. The van der Waals surface area contributed by atoms with Crippen molar-refractivity contribution in [2.45, 2.75) is 26.2 Å². The maximum atomic E-state index is 10.2. The van der Waals surface area contributed by atoms with E-state index in [9.17, 15) is 5.11 Å². The van der Waals surface area contributed by atoms with Gasteiger partial charge in [0.2, 0.25) is 0 Å². The number of halogens is 1. The average molecular weight is 362 g/mol. The number of para-hydroxylation sites is 1. The molecule has 0 aliphatic heterocycles. The second kappa shape index (κ2) is 7.45. The second-order valence-electron chi connectivity index (χ2n) is 5.17. The van der Waals surface area contributed by atoms with E-state index >= 15 is 0 Å². The number of ether oxygens (including phenoxy) is 1. The minimum absolute atomic E-state index is 0.0930. The van der Waals surface area contributed by atoms with Crippen LogP contribution >= 0.6 is 15.9 Å². The van der Waals surface area contributed by atoms with E-state index in [-0.39, 0.29) is 5.75 Å². The molecule has 1 N–H and O–H groups in total. The van der Waals surface area contributed by atoms with E-state index in [1.165, 1.54) is 12.7 Å². The Balaban J connectivity index is 2.40. The lowest BCUT2D eigenvalue weighted by Crippen LogP contribution is -1.92. The minimum Gasteiger partial charge on any atom is -0.504 e. The highest BCUT2D eigenvalue weighted by Crippen LogP contribution is 2.33. The molecule has 2 aromatic carbocycles. The van der Waals surface area contributed by atoms with Crippen LogP contribution in [-0.2, 0) is 0 Å². The number of rotatable bonds is 5. The zero-order chi connectivity index (χ0) is 16.1. The lowest BCUT2D eigenvalue weighted by molar-refractivity contribution is 0.373. The lowest BCUT2D eigenvalue weighted by atomic mass is 9.97. The summed E-state index contributed by atoms with van der Waals surface area (Å²) in [6, 6.07) is 11.6. The van der Waals surface area contributed by atoms with Gasteiger partial charge in [0.1, 0.15) is 0 Å². The van der Waals surface area contributed by atoms with Crippen LogP contribution in [0.15, 0.2) is 45.9 Å². The summed E-state index contributed by atoms with van der Waals surface area (Å²) in [7, 11) is 1.53. The Morgan fingerprint density at radius 2 is 2.05 bits per heavy atom. The van der Waals surface area contributed by atoms with Crippen molar-refractivity contribution in [2.75, 3.05) is 7.11 Å². The van der Waals surface area contributed by atoms with Crippen LogP contribution in [0.5, 0.6) is 11.5 Å². The van der Waals surface area contributed by atoms with Crippen molar-refractivity contribution in [3.05, 3.63) is 52.0 Å². The normalized spacial score (nSPS) is 12.5. The first-order chi connectivity index (χ1) is 10.6. The fourth-order valence-electron chi connectivity index (χ4n) is 2.23. The van der Waals surface area contributed by atoms with Crippen LogP contribution in [0.2, 0.25) is 0 Å². The fourth-order valence-corrected chi connectivity index (χ4v) is 2.68. The van der Waals surface area contributed by atoms with Crippen LogP contribution < -0.4 is 4.74 Å². The average Bonchev–Trinajstić information content (AvgIpc) is 2.54. The maximum absolute atomic E-state index is 10.2. The summed E-state index contributed by atoms with van der Waals surface area (Å²) in [5.41, 5.74) is 2.75. The molecule has 2 aromatic rings. The van der Waals surface area contributed by atoms with Gasteiger partial charge in [-0.1, -0.05) is 48.0 Å². The first-order valence-corrected chi connectivity index (χ1v) is 8.05. The first kappa shape index (κ1) is 16.6. The van der Waals surface area contributed by atoms with E-state index in [1.807, 2.05) is 24.3 Å². The zero-order valence-corrected chi connectivity index (χ0v) is 14.6. The van der Waals surface area contributed by atoms with Gasteiger partial charge in [0.05, 0.1) is 12.8 Å². The van der Waals surface area contributed by atoms with Gasteiger partial charge in [0.25, 0.3) is 0 Å². The molecule has 0 saturated heterocycles. The van der Waals surface area contributed by atoms with Crippen LogP contribution in [0.25, 0.3) is 0 Å². The highest BCUT2D eigenvalue weighted by atomic mass is 79.9. The first-order valence-electron chi connectivity index (χ1n) is 7.26. The van der Waals surface area contributed by atoms with E-state index in [0.717, 1.165) is 16.6 Å². The number of methoxy groups -OCH3 is 1. The van der Waals surface area contributed by atoms with Crippen LogP contribution in [0.4, 0.5) is 5.69 Å². The largest absolute Gasteiger partial charge is 0.504 e. The van der Waals surface area contributed by atoms with Crippen LogP contribution in [-0.4, -0.2) is 18.4 Å². The molecule has 0 radical (unpaired) electrons. The molecule has 0 aromatic heterocycles. The molecule has 0 aliphatic rings. The topological polar surface area (TPSA) is 41.8 Å². The highest BCUT2D eigenvalue weighted by Gasteiger charge is 2.10. The molecule has 0 saturated carbocycles. The zero-order valence-electron chi connectivity index (χ0n) is 13.0. The molecular formula is C18H20BrNO2. The Morgan fingerprint density at radius 1 is 1.32 bits per heavy atom. The molecule has 3 nitrogen and oxygen atoms in total. The predicted molar refractivity (Wildman–Crippen MR) is 94.8 cm³/mol. The van der Waals surface area contributed by atoms with Gasteiger partial charge in [-0.3, -0.25) is 4.99 Å². The third-order valence-electron chi connectivity index (χ3n) is 3.71. The van der Waals surface area contributed by atoms with Crippen molar-refractivity contribution in [2.24, 2.45) is 4.99 Å². The number of aliphatic imine (C=N–C) groups is 1.